The number of aliphatic hydroxyl groups excluding tert-OH is 3. The molecule has 7 N–H and O–H groups in total. The minimum absolute atomic E-state index is 0.103. The maximum Gasteiger partial charge on any atom is 0.230 e. The molecule has 198 valence electrons. The van der Waals surface area contributed by atoms with E-state index in [2.05, 4.69) is 0 Å². The zero-order chi connectivity index (χ0) is 27.5. The molecule has 0 radical (unpaired) electrons. The van der Waals surface area contributed by atoms with Gasteiger partial charge in [-0.15, -0.1) is 0 Å². The Morgan fingerprint density at radius 2 is 1.82 bits per heavy atom. The Morgan fingerprint density at radius 3 is 2.45 bits per heavy atom. The molecule has 2 aromatic rings. The van der Waals surface area contributed by atoms with Crippen molar-refractivity contribution in [2.24, 2.45) is 23.5 Å². The Labute approximate surface area is 217 Å². The largest absolute Gasteiger partial charge is 0.507 e. The van der Waals surface area contributed by atoms with Crippen LogP contribution in [-0.4, -0.2) is 67.4 Å². The van der Waals surface area contributed by atoms with Crippen LogP contribution < -0.4 is 10.5 Å². The van der Waals surface area contributed by atoms with Gasteiger partial charge >= 0.3 is 0 Å². The average molecular weight is 522 g/mol. The first-order valence-electron chi connectivity index (χ1n) is 12.2. The number of Topliss-reactive ketones (excluding diaryl/α,β-unsaturated/α-hetero) is 2. The minimum atomic E-state index is -2.91. The van der Waals surface area contributed by atoms with Crippen molar-refractivity contribution >= 4 is 34.9 Å². The summed E-state index contributed by atoms with van der Waals surface area (Å²) in [5, 5.41) is 55.3. The third kappa shape index (κ3) is 3.56. The standard InChI is InChI=1S/C28H27NO9/c1-2-38-13-8-6-12(7-9-13)10-15-14-4-3-5-17(30)19(14)24(33)22-20(15)23(32)16-11-18(31)21(27(29)36)25(34)28(16,37)26(22)35/h3-10,16,18,20-21,23,30-33,37H,2,11H2,1H3,(H2,29,36)/b15-10+/t16-,18?,20-,21?,23-,28-/m1/s1. The van der Waals surface area contributed by atoms with Crippen LogP contribution in [0.2, 0.25) is 0 Å². The van der Waals surface area contributed by atoms with E-state index in [1.165, 1.54) is 12.1 Å². The number of aromatic hydroxyl groups is 1. The van der Waals surface area contributed by atoms with Crippen LogP contribution in [-0.2, 0) is 14.4 Å². The predicted octanol–water partition coefficient (Wildman–Crippen LogP) is 0.957. The summed E-state index contributed by atoms with van der Waals surface area (Å²) in [6.45, 7) is 2.32. The maximum absolute atomic E-state index is 13.8. The molecule has 0 aromatic heterocycles. The van der Waals surface area contributed by atoms with Gasteiger partial charge in [0.1, 0.15) is 23.2 Å². The summed E-state index contributed by atoms with van der Waals surface area (Å²) < 4.78 is 5.47. The van der Waals surface area contributed by atoms with E-state index in [0.29, 0.717) is 29.1 Å². The fourth-order valence-electron chi connectivity index (χ4n) is 6.00. The Morgan fingerprint density at radius 1 is 1.13 bits per heavy atom. The van der Waals surface area contributed by atoms with Crippen molar-refractivity contribution in [1.29, 1.82) is 0 Å². The number of primary amides is 1. The summed E-state index contributed by atoms with van der Waals surface area (Å²) in [6.07, 6.45) is -2.05. The minimum Gasteiger partial charge on any atom is -0.507 e. The van der Waals surface area contributed by atoms with Gasteiger partial charge in [-0.2, -0.15) is 0 Å². The number of benzene rings is 2. The molecular formula is C28H27NO9. The molecule has 1 amide bonds. The quantitative estimate of drug-likeness (QED) is 0.319. The van der Waals surface area contributed by atoms with Crippen molar-refractivity contribution in [2.75, 3.05) is 6.61 Å². The maximum atomic E-state index is 13.8. The van der Waals surface area contributed by atoms with Gasteiger partial charge in [0, 0.05) is 11.8 Å². The van der Waals surface area contributed by atoms with Crippen LogP contribution >= 0.6 is 0 Å². The second-order valence-electron chi connectivity index (χ2n) is 9.78. The van der Waals surface area contributed by atoms with E-state index in [1.54, 1.807) is 36.4 Å². The molecule has 10 nitrogen and oxygen atoms in total. The lowest BCUT2D eigenvalue weighted by Gasteiger charge is -2.51. The fraction of sp³-hybridized carbons (Fsp3) is 0.321. The van der Waals surface area contributed by atoms with Crippen molar-refractivity contribution in [3.05, 3.63) is 64.7 Å². The number of fused-ring (bicyclic) bond motifs is 3. The number of phenols is 1. The van der Waals surface area contributed by atoms with Gasteiger partial charge < -0.3 is 36.0 Å². The second-order valence-corrected chi connectivity index (χ2v) is 9.78. The van der Waals surface area contributed by atoms with E-state index in [0.717, 1.165) is 0 Å². The van der Waals surface area contributed by atoms with Gasteiger partial charge in [0.25, 0.3) is 0 Å². The molecule has 2 unspecified atom stereocenters. The van der Waals surface area contributed by atoms with Crippen LogP contribution in [0.1, 0.15) is 30.0 Å². The normalized spacial score (nSPS) is 31.5. The molecule has 0 saturated heterocycles. The smallest absolute Gasteiger partial charge is 0.230 e. The summed E-state index contributed by atoms with van der Waals surface area (Å²) >= 11 is 0. The number of aliphatic hydroxyl groups is 4. The van der Waals surface area contributed by atoms with Crippen molar-refractivity contribution < 1.29 is 44.7 Å². The number of phenolic OH excluding ortho intramolecular Hbond substituents is 1. The van der Waals surface area contributed by atoms with Crippen LogP contribution in [0.5, 0.6) is 11.5 Å². The highest BCUT2D eigenvalue weighted by Gasteiger charge is 2.67. The van der Waals surface area contributed by atoms with Gasteiger partial charge in [-0.1, -0.05) is 30.3 Å². The first-order valence-corrected chi connectivity index (χ1v) is 12.2. The molecule has 5 rings (SSSR count). The molecular weight excluding hydrogens is 494 g/mol. The number of nitrogens with two attached hydrogens (primary N) is 1. The van der Waals surface area contributed by atoms with E-state index in [9.17, 15) is 39.9 Å². The number of amides is 1. The van der Waals surface area contributed by atoms with Gasteiger partial charge in [0.2, 0.25) is 11.7 Å². The number of ketones is 2. The lowest BCUT2D eigenvalue weighted by molar-refractivity contribution is -0.184. The number of ether oxygens (including phenoxy) is 1. The summed E-state index contributed by atoms with van der Waals surface area (Å²) in [4.78, 5) is 39.0. The van der Waals surface area contributed by atoms with Crippen LogP contribution in [0, 0.1) is 17.8 Å². The van der Waals surface area contributed by atoms with E-state index < -0.39 is 70.8 Å². The highest BCUT2D eigenvalue weighted by molar-refractivity contribution is 6.26. The molecule has 0 bridgehead atoms. The number of rotatable bonds is 4. The number of carbonyl (C=O) groups excluding carboxylic acids is 3. The molecule has 3 aliphatic carbocycles. The molecule has 2 fully saturated rings. The second kappa shape index (κ2) is 9.09. The third-order valence-corrected chi connectivity index (χ3v) is 7.73. The van der Waals surface area contributed by atoms with E-state index >= 15 is 0 Å². The number of hydrogen-bond acceptors (Lipinski definition) is 9. The fourth-order valence-corrected chi connectivity index (χ4v) is 6.00. The Kier molecular flexibility index (Phi) is 6.13. The summed E-state index contributed by atoms with van der Waals surface area (Å²) in [6, 6.07) is 11.4. The lowest BCUT2D eigenvalue weighted by Crippen LogP contribution is -2.70. The molecule has 2 aromatic carbocycles. The van der Waals surface area contributed by atoms with Crippen molar-refractivity contribution in [3.8, 4) is 11.5 Å². The SMILES string of the molecule is CCOc1ccc(/C=C2\c3cccc(O)c3C(O)=C3C(=O)[C@]4(O)C(=O)C(C(N)=O)C(O)C[C@@H]4[C@@H](O)[C@@H]32)cc1. The molecule has 38 heavy (non-hydrogen) atoms. The van der Waals surface area contributed by atoms with Gasteiger partial charge in [0.15, 0.2) is 11.4 Å². The Balaban J connectivity index is 1.73. The van der Waals surface area contributed by atoms with E-state index in [-0.39, 0.29) is 11.3 Å². The van der Waals surface area contributed by atoms with Crippen molar-refractivity contribution in [3.63, 3.8) is 0 Å². The topological polar surface area (TPSA) is 188 Å². The lowest BCUT2D eigenvalue weighted by atomic mass is 9.54. The predicted molar refractivity (Wildman–Crippen MR) is 134 cm³/mol. The number of carbonyl (C=O) groups is 3. The molecule has 2 saturated carbocycles. The molecule has 0 spiro atoms. The Hall–Kier alpha value is -3.99. The van der Waals surface area contributed by atoms with Gasteiger partial charge in [-0.25, -0.2) is 0 Å². The van der Waals surface area contributed by atoms with Gasteiger partial charge in [0.05, 0.1) is 30.0 Å². The van der Waals surface area contributed by atoms with Gasteiger partial charge in [-0.3, -0.25) is 14.4 Å². The van der Waals surface area contributed by atoms with E-state index in [1.807, 2.05) is 6.92 Å². The van der Waals surface area contributed by atoms with Crippen LogP contribution in [0.3, 0.4) is 0 Å². The molecule has 0 heterocycles. The molecule has 6 atom stereocenters. The van der Waals surface area contributed by atoms with Gasteiger partial charge in [-0.05, 0) is 48.2 Å². The average Bonchev–Trinajstić information content (AvgIpc) is 2.87. The summed E-state index contributed by atoms with van der Waals surface area (Å²) in [7, 11) is 0. The molecule has 10 heteroatoms. The van der Waals surface area contributed by atoms with Crippen LogP contribution in [0.4, 0.5) is 0 Å². The highest BCUT2D eigenvalue weighted by Crippen LogP contribution is 2.55. The zero-order valence-electron chi connectivity index (χ0n) is 20.4. The van der Waals surface area contributed by atoms with Crippen LogP contribution in [0.25, 0.3) is 17.4 Å². The van der Waals surface area contributed by atoms with Crippen molar-refractivity contribution in [1.82, 2.24) is 0 Å². The third-order valence-electron chi connectivity index (χ3n) is 7.73. The number of hydrogen-bond donors (Lipinski definition) is 6. The first-order chi connectivity index (χ1) is 18.0. The zero-order valence-corrected chi connectivity index (χ0v) is 20.4. The first kappa shape index (κ1) is 25.7. The van der Waals surface area contributed by atoms with Crippen molar-refractivity contribution in [2.45, 2.75) is 31.2 Å². The highest BCUT2D eigenvalue weighted by atomic mass is 16.5. The monoisotopic (exact) mass is 521 g/mol. The van der Waals surface area contributed by atoms with Crippen LogP contribution in [0.15, 0.2) is 48.0 Å². The van der Waals surface area contributed by atoms with E-state index in [4.69, 9.17) is 10.5 Å². The Bertz CT molecular complexity index is 1410. The molecule has 3 aliphatic rings. The molecule has 0 aliphatic heterocycles. The summed E-state index contributed by atoms with van der Waals surface area (Å²) in [5.41, 5.74) is 3.10. The summed E-state index contributed by atoms with van der Waals surface area (Å²) in [5.74, 6) is -8.78.